The van der Waals surface area contributed by atoms with Crippen molar-refractivity contribution in [1.82, 2.24) is 5.32 Å². The van der Waals surface area contributed by atoms with Crippen LogP contribution in [0.5, 0.6) is 5.75 Å². The van der Waals surface area contributed by atoms with Crippen LogP contribution in [-0.2, 0) is 19.6 Å². The minimum Gasteiger partial charge on any atom is -0.497 e. The summed E-state index contributed by atoms with van der Waals surface area (Å²) in [5.41, 5.74) is 0.234. The number of sulfonamides is 1. The lowest BCUT2D eigenvalue weighted by molar-refractivity contribution is -0.129. The Hall–Kier alpha value is -3.04. The Morgan fingerprint density at radius 1 is 1.24 bits per heavy atom. The first-order valence-electron chi connectivity index (χ1n) is 10.3. The van der Waals surface area contributed by atoms with E-state index in [0.717, 1.165) is 23.2 Å². The summed E-state index contributed by atoms with van der Waals surface area (Å²) >= 11 is 6.15. The third-order valence-corrected chi connectivity index (χ3v) is 7.10. The molecule has 176 valence electrons. The molecule has 0 aliphatic heterocycles. The molecule has 1 unspecified atom stereocenters. The minimum atomic E-state index is -4.09. The maximum atomic E-state index is 13.4. The van der Waals surface area contributed by atoms with E-state index in [2.05, 4.69) is 11.9 Å². The van der Waals surface area contributed by atoms with Gasteiger partial charge in [0, 0.05) is 6.04 Å². The first-order valence-corrected chi connectivity index (χ1v) is 12.1. The van der Waals surface area contributed by atoms with Gasteiger partial charge in [-0.3, -0.25) is 9.10 Å². The lowest BCUT2D eigenvalue weighted by Gasteiger charge is -2.23. The molecule has 0 spiro atoms. The van der Waals surface area contributed by atoms with E-state index in [9.17, 15) is 18.0 Å². The normalized spacial score (nSPS) is 14.2. The van der Waals surface area contributed by atoms with Crippen molar-refractivity contribution in [2.24, 2.45) is 0 Å². The summed E-state index contributed by atoms with van der Waals surface area (Å²) in [6.45, 7) is 5.08. The number of carbonyl (C=O) groups excluding carboxylic acids is 2. The first kappa shape index (κ1) is 24.6. The van der Waals surface area contributed by atoms with E-state index in [1.54, 1.807) is 24.3 Å². The van der Waals surface area contributed by atoms with Gasteiger partial charge in [-0.15, -0.1) is 6.58 Å². The van der Waals surface area contributed by atoms with Crippen LogP contribution in [0.1, 0.15) is 30.1 Å². The summed E-state index contributed by atoms with van der Waals surface area (Å²) < 4.78 is 38.3. The Labute approximate surface area is 198 Å². The van der Waals surface area contributed by atoms with Crippen molar-refractivity contribution in [3.05, 3.63) is 65.7 Å². The van der Waals surface area contributed by atoms with Gasteiger partial charge in [-0.1, -0.05) is 17.7 Å². The fourth-order valence-electron chi connectivity index (χ4n) is 2.98. The van der Waals surface area contributed by atoms with E-state index in [-0.39, 0.29) is 28.1 Å². The van der Waals surface area contributed by atoms with Crippen molar-refractivity contribution >= 4 is 39.2 Å². The molecule has 1 saturated carbocycles. The predicted molar refractivity (Wildman–Crippen MR) is 125 cm³/mol. The number of nitrogens with one attached hydrogen (secondary N) is 1. The van der Waals surface area contributed by atoms with Crippen molar-refractivity contribution in [2.45, 2.75) is 36.8 Å². The fourth-order valence-corrected chi connectivity index (χ4v) is 4.64. The monoisotopic (exact) mass is 492 g/mol. The Balaban J connectivity index is 1.87. The highest BCUT2D eigenvalue weighted by atomic mass is 35.5. The molecule has 1 N–H and O–H groups in total. The molecule has 3 rings (SSSR count). The number of rotatable bonds is 10. The van der Waals surface area contributed by atoms with E-state index in [4.69, 9.17) is 21.1 Å². The van der Waals surface area contributed by atoms with Crippen LogP contribution >= 0.6 is 11.6 Å². The molecule has 1 aliphatic carbocycles. The lowest BCUT2D eigenvalue weighted by atomic mass is 10.2. The predicted octanol–water partition coefficient (Wildman–Crippen LogP) is 3.55. The van der Waals surface area contributed by atoms with Crippen molar-refractivity contribution in [1.29, 1.82) is 0 Å². The summed E-state index contributed by atoms with van der Waals surface area (Å²) in [7, 11) is -2.57. The van der Waals surface area contributed by atoms with Crippen molar-refractivity contribution < 1.29 is 27.5 Å². The molecule has 0 radical (unpaired) electrons. The van der Waals surface area contributed by atoms with Gasteiger partial charge in [0.1, 0.15) is 5.75 Å². The molecule has 2 aromatic carbocycles. The van der Waals surface area contributed by atoms with Gasteiger partial charge in [0.15, 0.2) is 6.10 Å². The van der Waals surface area contributed by atoms with Crippen molar-refractivity contribution in [3.8, 4) is 5.75 Å². The second kappa shape index (κ2) is 10.3. The average Bonchev–Trinajstić information content (AvgIpc) is 3.61. The molecule has 1 atom stereocenters. The number of ether oxygens (including phenoxy) is 2. The molecule has 2 aromatic rings. The van der Waals surface area contributed by atoms with Crippen LogP contribution in [0.15, 0.2) is 60.0 Å². The molecule has 33 heavy (non-hydrogen) atoms. The Morgan fingerprint density at radius 2 is 1.91 bits per heavy atom. The molecule has 0 heterocycles. The molecule has 0 bridgehead atoms. The van der Waals surface area contributed by atoms with Gasteiger partial charge in [0.2, 0.25) is 0 Å². The van der Waals surface area contributed by atoms with Crippen molar-refractivity contribution in [3.63, 3.8) is 0 Å². The van der Waals surface area contributed by atoms with Crippen LogP contribution in [0.4, 0.5) is 5.69 Å². The molecule has 1 aliphatic rings. The number of hydrogen-bond donors (Lipinski definition) is 1. The largest absolute Gasteiger partial charge is 0.497 e. The maximum absolute atomic E-state index is 13.4. The van der Waals surface area contributed by atoms with Crippen LogP contribution in [-0.4, -0.2) is 46.1 Å². The molecule has 8 nitrogen and oxygen atoms in total. The molecule has 0 aromatic heterocycles. The minimum absolute atomic E-state index is 0.00452. The number of amides is 1. The first-order chi connectivity index (χ1) is 15.7. The summed E-state index contributed by atoms with van der Waals surface area (Å²) in [5.74, 6) is -0.733. The highest BCUT2D eigenvalue weighted by Gasteiger charge is 2.29. The van der Waals surface area contributed by atoms with Crippen LogP contribution in [0.2, 0.25) is 5.02 Å². The summed E-state index contributed by atoms with van der Waals surface area (Å²) in [6, 6.07) is 10.3. The second-order valence-corrected chi connectivity index (χ2v) is 9.76. The molecule has 0 saturated heterocycles. The third kappa shape index (κ3) is 5.85. The highest BCUT2D eigenvalue weighted by molar-refractivity contribution is 7.92. The maximum Gasteiger partial charge on any atom is 0.340 e. The van der Waals surface area contributed by atoms with Crippen LogP contribution in [0, 0.1) is 0 Å². The molecule has 10 heteroatoms. The number of esters is 1. The number of methoxy groups -OCH3 is 1. The molecule has 1 fully saturated rings. The smallest absolute Gasteiger partial charge is 0.340 e. The van der Waals surface area contributed by atoms with Gasteiger partial charge in [0.25, 0.3) is 15.9 Å². The standard InChI is InChI=1S/C23H25ClN2O6S/c1-4-13-26(17-7-9-18(31-3)10-8-17)33(29,30)19-11-12-21(24)20(14-19)23(28)32-15(2)22(27)25-16-5-6-16/h4,7-12,14-16H,1,5-6,13H2,2-3H3,(H,25,27). The summed E-state index contributed by atoms with van der Waals surface area (Å²) in [5, 5.41) is 2.75. The quantitative estimate of drug-likeness (QED) is 0.402. The SMILES string of the molecule is C=CCN(c1ccc(OC)cc1)S(=O)(=O)c1ccc(Cl)c(C(=O)OC(C)C(=O)NC2CC2)c1. The zero-order valence-corrected chi connectivity index (χ0v) is 19.9. The second-order valence-electron chi connectivity index (χ2n) is 7.49. The van der Waals surface area contributed by atoms with Gasteiger partial charge < -0.3 is 14.8 Å². The number of hydrogen-bond acceptors (Lipinski definition) is 6. The number of benzene rings is 2. The van der Waals surface area contributed by atoms with Gasteiger partial charge in [-0.2, -0.15) is 0 Å². The molecular formula is C23H25ClN2O6S. The summed E-state index contributed by atoms with van der Waals surface area (Å²) in [4.78, 5) is 24.6. The topological polar surface area (TPSA) is 102 Å². The van der Waals surface area contributed by atoms with E-state index >= 15 is 0 Å². The fraction of sp³-hybridized carbons (Fsp3) is 0.304. The Bertz CT molecular complexity index is 1150. The third-order valence-electron chi connectivity index (χ3n) is 4.98. The van der Waals surface area contributed by atoms with E-state index in [0.29, 0.717) is 11.4 Å². The van der Waals surface area contributed by atoms with Crippen molar-refractivity contribution in [2.75, 3.05) is 18.0 Å². The number of anilines is 1. The lowest BCUT2D eigenvalue weighted by Crippen LogP contribution is -2.37. The van der Waals surface area contributed by atoms with Gasteiger partial charge >= 0.3 is 5.97 Å². The Kier molecular flexibility index (Phi) is 7.65. The van der Waals surface area contributed by atoms with E-state index < -0.39 is 28.0 Å². The van der Waals surface area contributed by atoms with Crippen LogP contribution in [0.3, 0.4) is 0 Å². The van der Waals surface area contributed by atoms with Gasteiger partial charge in [-0.25, -0.2) is 13.2 Å². The van der Waals surface area contributed by atoms with Gasteiger partial charge in [-0.05, 0) is 62.2 Å². The van der Waals surface area contributed by atoms with Gasteiger partial charge in [0.05, 0.1) is 34.8 Å². The Morgan fingerprint density at radius 3 is 2.48 bits per heavy atom. The number of nitrogens with zero attached hydrogens (tertiary/aromatic N) is 1. The van der Waals surface area contributed by atoms with Crippen LogP contribution in [0.25, 0.3) is 0 Å². The van der Waals surface area contributed by atoms with Crippen LogP contribution < -0.4 is 14.4 Å². The summed E-state index contributed by atoms with van der Waals surface area (Å²) in [6.07, 6.45) is 2.19. The average molecular weight is 493 g/mol. The molecule has 1 amide bonds. The highest BCUT2D eigenvalue weighted by Crippen LogP contribution is 2.28. The van der Waals surface area contributed by atoms with E-state index in [1.807, 2.05) is 0 Å². The molecular weight excluding hydrogens is 468 g/mol. The number of halogens is 1. The number of carbonyl (C=O) groups is 2. The zero-order chi connectivity index (χ0) is 24.2. The van der Waals surface area contributed by atoms with E-state index in [1.165, 1.54) is 32.2 Å². The zero-order valence-electron chi connectivity index (χ0n) is 18.3.